The number of rotatable bonds is 7. The number of nitrogens with zero attached hydrogens (tertiary/aromatic N) is 3. The molecular formula is C23H25N5O3. The van der Waals surface area contributed by atoms with Gasteiger partial charge in [-0.1, -0.05) is 0 Å². The zero-order valence-electron chi connectivity index (χ0n) is 17.4. The van der Waals surface area contributed by atoms with Crippen molar-refractivity contribution in [3.05, 3.63) is 60.6 Å². The highest BCUT2D eigenvalue weighted by atomic mass is 16.6. The molecule has 8 heteroatoms. The Morgan fingerprint density at radius 1 is 1.10 bits per heavy atom. The Labute approximate surface area is 180 Å². The molecule has 3 heterocycles. The second kappa shape index (κ2) is 8.89. The van der Waals surface area contributed by atoms with Crippen LogP contribution in [0.5, 0.6) is 11.5 Å². The molecule has 1 saturated heterocycles. The molecule has 1 fully saturated rings. The number of H-pyrrole nitrogens is 2. The van der Waals surface area contributed by atoms with Gasteiger partial charge in [0.1, 0.15) is 17.3 Å². The molecule has 0 radical (unpaired) electrons. The molecule has 0 spiro atoms. The van der Waals surface area contributed by atoms with E-state index in [4.69, 9.17) is 19.2 Å². The van der Waals surface area contributed by atoms with E-state index < -0.39 is 0 Å². The summed E-state index contributed by atoms with van der Waals surface area (Å²) >= 11 is 0. The maximum absolute atomic E-state index is 6.03. The summed E-state index contributed by atoms with van der Waals surface area (Å²) in [7, 11) is 2.06. The molecular weight excluding hydrogens is 394 g/mol. The molecule has 2 N–H and O–H groups in total. The zero-order valence-corrected chi connectivity index (χ0v) is 17.4. The Morgan fingerprint density at radius 2 is 1.97 bits per heavy atom. The zero-order chi connectivity index (χ0) is 21.0. The van der Waals surface area contributed by atoms with Gasteiger partial charge in [0.25, 0.3) is 0 Å². The fourth-order valence-corrected chi connectivity index (χ4v) is 3.74. The minimum absolute atomic E-state index is 0.114. The third-order valence-electron chi connectivity index (χ3n) is 5.23. The standard InChI is InChI=1S/C23H25N5O3/c1-28(13-19-15-29-10-11-30-19)14-23-25-21-7-6-18(12-22(21)26-23)31-17-4-2-16(3-5-17)20-8-9-24-27-20/h2-9,12,19H,10-11,13-15H2,1H3,(H,24,27)(H,25,26). The van der Waals surface area contributed by atoms with Gasteiger partial charge in [0.15, 0.2) is 0 Å². The number of likely N-dealkylation sites (N-methyl/N-ethyl adjacent to an activating group) is 1. The molecule has 2 aromatic carbocycles. The summed E-state index contributed by atoms with van der Waals surface area (Å²) in [6, 6.07) is 15.7. The number of aromatic nitrogens is 4. The van der Waals surface area contributed by atoms with E-state index in [9.17, 15) is 0 Å². The first-order valence-electron chi connectivity index (χ1n) is 10.4. The lowest BCUT2D eigenvalue weighted by Gasteiger charge is -2.26. The van der Waals surface area contributed by atoms with E-state index in [1.54, 1.807) is 6.20 Å². The topological polar surface area (TPSA) is 88.3 Å². The Balaban J connectivity index is 1.24. The van der Waals surface area contributed by atoms with E-state index in [1.807, 2.05) is 48.5 Å². The summed E-state index contributed by atoms with van der Waals surface area (Å²) in [5, 5.41) is 6.95. The van der Waals surface area contributed by atoms with Crippen LogP contribution in [0.15, 0.2) is 54.7 Å². The Hall–Kier alpha value is -3.20. The molecule has 2 aromatic heterocycles. The summed E-state index contributed by atoms with van der Waals surface area (Å²) < 4.78 is 17.2. The SMILES string of the molecule is CN(Cc1nc2cc(Oc3ccc(-c4ccn[nH]4)cc3)ccc2[nH]1)CC1COCCO1. The monoisotopic (exact) mass is 419 g/mol. The Morgan fingerprint density at radius 3 is 2.74 bits per heavy atom. The number of aromatic amines is 2. The van der Waals surface area contributed by atoms with Crippen LogP contribution in [-0.2, 0) is 16.0 Å². The van der Waals surface area contributed by atoms with Gasteiger partial charge in [0, 0.05) is 18.8 Å². The van der Waals surface area contributed by atoms with Crippen molar-refractivity contribution in [1.29, 1.82) is 0 Å². The molecule has 0 aliphatic carbocycles. The largest absolute Gasteiger partial charge is 0.457 e. The highest BCUT2D eigenvalue weighted by Crippen LogP contribution is 2.27. The van der Waals surface area contributed by atoms with Gasteiger partial charge in [-0.25, -0.2) is 4.98 Å². The third-order valence-corrected chi connectivity index (χ3v) is 5.23. The van der Waals surface area contributed by atoms with Crippen molar-refractivity contribution in [3.63, 3.8) is 0 Å². The van der Waals surface area contributed by atoms with Crippen LogP contribution in [0.25, 0.3) is 22.3 Å². The average molecular weight is 419 g/mol. The van der Waals surface area contributed by atoms with Gasteiger partial charge < -0.3 is 19.2 Å². The lowest BCUT2D eigenvalue weighted by Crippen LogP contribution is -2.38. The van der Waals surface area contributed by atoms with Crippen LogP contribution >= 0.6 is 0 Å². The number of fused-ring (bicyclic) bond motifs is 1. The first kappa shape index (κ1) is 19.7. The predicted molar refractivity (Wildman–Crippen MR) is 117 cm³/mol. The van der Waals surface area contributed by atoms with E-state index in [1.165, 1.54) is 0 Å². The summed E-state index contributed by atoms with van der Waals surface area (Å²) in [6.07, 6.45) is 1.85. The first-order chi connectivity index (χ1) is 15.2. The van der Waals surface area contributed by atoms with Gasteiger partial charge in [-0.2, -0.15) is 5.10 Å². The van der Waals surface area contributed by atoms with Crippen LogP contribution in [0.2, 0.25) is 0 Å². The fraction of sp³-hybridized carbons (Fsp3) is 0.304. The normalized spacial score (nSPS) is 16.8. The molecule has 160 valence electrons. The molecule has 1 aliphatic rings. The second-order valence-electron chi connectivity index (χ2n) is 7.72. The van der Waals surface area contributed by atoms with E-state index in [0.29, 0.717) is 26.4 Å². The minimum Gasteiger partial charge on any atom is -0.457 e. The highest BCUT2D eigenvalue weighted by Gasteiger charge is 2.17. The van der Waals surface area contributed by atoms with Gasteiger partial charge >= 0.3 is 0 Å². The quantitative estimate of drug-likeness (QED) is 0.476. The molecule has 1 unspecified atom stereocenters. The van der Waals surface area contributed by atoms with Crippen molar-refractivity contribution in [2.45, 2.75) is 12.6 Å². The first-order valence-corrected chi connectivity index (χ1v) is 10.4. The van der Waals surface area contributed by atoms with Crippen LogP contribution in [0.4, 0.5) is 0 Å². The Kier molecular flexibility index (Phi) is 5.66. The fourth-order valence-electron chi connectivity index (χ4n) is 3.74. The van der Waals surface area contributed by atoms with Crippen LogP contribution in [-0.4, -0.2) is 64.6 Å². The lowest BCUT2D eigenvalue weighted by atomic mass is 10.1. The number of ether oxygens (including phenoxy) is 3. The maximum atomic E-state index is 6.03. The van der Waals surface area contributed by atoms with Gasteiger partial charge in [-0.15, -0.1) is 0 Å². The number of benzene rings is 2. The van der Waals surface area contributed by atoms with Crippen molar-refractivity contribution >= 4 is 11.0 Å². The molecule has 5 rings (SSSR count). The molecule has 0 amide bonds. The summed E-state index contributed by atoms with van der Waals surface area (Å²) in [5.41, 5.74) is 3.91. The number of hydrogen-bond donors (Lipinski definition) is 2. The maximum Gasteiger partial charge on any atom is 0.129 e. The summed E-state index contributed by atoms with van der Waals surface area (Å²) in [5.74, 6) is 2.43. The van der Waals surface area contributed by atoms with E-state index in [2.05, 4.69) is 27.1 Å². The van der Waals surface area contributed by atoms with Crippen molar-refractivity contribution in [3.8, 4) is 22.8 Å². The average Bonchev–Trinajstić information content (AvgIpc) is 3.44. The van der Waals surface area contributed by atoms with Crippen LogP contribution in [0.3, 0.4) is 0 Å². The molecule has 8 nitrogen and oxygen atoms in total. The highest BCUT2D eigenvalue weighted by molar-refractivity contribution is 5.77. The summed E-state index contributed by atoms with van der Waals surface area (Å²) in [4.78, 5) is 10.3. The van der Waals surface area contributed by atoms with Gasteiger partial charge in [-0.3, -0.25) is 10.00 Å². The van der Waals surface area contributed by atoms with Gasteiger partial charge in [0.05, 0.1) is 49.2 Å². The van der Waals surface area contributed by atoms with Crippen LogP contribution < -0.4 is 4.74 Å². The molecule has 4 aromatic rings. The molecule has 1 aliphatic heterocycles. The van der Waals surface area contributed by atoms with Crippen LogP contribution in [0, 0.1) is 0 Å². The second-order valence-corrected chi connectivity index (χ2v) is 7.72. The van der Waals surface area contributed by atoms with Crippen molar-refractivity contribution < 1.29 is 14.2 Å². The number of imidazole rings is 1. The lowest BCUT2D eigenvalue weighted by molar-refractivity contribution is -0.0963. The van der Waals surface area contributed by atoms with Crippen molar-refractivity contribution in [2.24, 2.45) is 0 Å². The van der Waals surface area contributed by atoms with Gasteiger partial charge in [0.2, 0.25) is 0 Å². The van der Waals surface area contributed by atoms with Crippen molar-refractivity contribution in [1.82, 2.24) is 25.1 Å². The number of nitrogens with one attached hydrogen (secondary N) is 2. The predicted octanol–water partition coefficient (Wildman–Crippen LogP) is 3.59. The smallest absolute Gasteiger partial charge is 0.129 e. The van der Waals surface area contributed by atoms with E-state index in [-0.39, 0.29) is 6.10 Å². The van der Waals surface area contributed by atoms with E-state index in [0.717, 1.165) is 46.2 Å². The number of hydrogen-bond acceptors (Lipinski definition) is 6. The molecule has 0 bridgehead atoms. The van der Waals surface area contributed by atoms with Gasteiger partial charge in [-0.05, 0) is 55.1 Å². The van der Waals surface area contributed by atoms with Crippen molar-refractivity contribution in [2.75, 3.05) is 33.4 Å². The van der Waals surface area contributed by atoms with Crippen LogP contribution in [0.1, 0.15) is 5.82 Å². The molecule has 1 atom stereocenters. The third kappa shape index (κ3) is 4.77. The Bertz CT molecular complexity index is 1120. The summed E-state index contributed by atoms with van der Waals surface area (Å²) in [6.45, 7) is 3.51. The molecule has 0 saturated carbocycles. The molecule has 31 heavy (non-hydrogen) atoms. The van der Waals surface area contributed by atoms with E-state index >= 15 is 0 Å². The minimum atomic E-state index is 0.114.